The smallest absolute Gasteiger partial charge is 0.314 e. The third kappa shape index (κ3) is 1.97. The summed E-state index contributed by atoms with van der Waals surface area (Å²) in [6, 6.07) is 1.96. The van der Waals surface area contributed by atoms with E-state index in [0.29, 0.717) is 0 Å². The Bertz CT molecular complexity index is 366. The molecule has 2 rings (SSSR count). The Balaban J connectivity index is 2.37. The molecular formula is C11H13BrO2S. The molecule has 1 N–H and O–H groups in total. The van der Waals surface area contributed by atoms with Gasteiger partial charge in [0.2, 0.25) is 0 Å². The van der Waals surface area contributed by atoms with E-state index in [9.17, 15) is 9.90 Å². The first-order valence-corrected chi connectivity index (χ1v) is 6.80. The molecule has 0 radical (unpaired) electrons. The second kappa shape index (κ2) is 4.26. The molecule has 4 heteroatoms. The van der Waals surface area contributed by atoms with Gasteiger partial charge in [0, 0.05) is 0 Å². The number of hydrogen-bond acceptors (Lipinski definition) is 2. The lowest BCUT2D eigenvalue weighted by Gasteiger charge is -2.32. The fourth-order valence-electron chi connectivity index (χ4n) is 2.34. The van der Waals surface area contributed by atoms with Gasteiger partial charge >= 0.3 is 5.97 Å². The van der Waals surface area contributed by atoms with E-state index in [1.807, 2.05) is 11.4 Å². The highest BCUT2D eigenvalue weighted by Gasteiger charge is 2.41. The number of hydrogen-bond donors (Lipinski definition) is 1. The standard InChI is InChI=1S/C11H13BrO2S/c12-9-6-8(7-15-9)11(10(13)14)4-2-1-3-5-11/h6-7H,1-5H2,(H,13,14). The zero-order valence-electron chi connectivity index (χ0n) is 8.33. The second-order valence-electron chi connectivity index (χ2n) is 4.09. The largest absolute Gasteiger partial charge is 0.481 e. The van der Waals surface area contributed by atoms with Gasteiger partial charge < -0.3 is 5.11 Å². The van der Waals surface area contributed by atoms with Gasteiger partial charge in [-0.2, -0.15) is 0 Å². The van der Waals surface area contributed by atoms with Crippen LogP contribution in [0.4, 0.5) is 0 Å². The van der Waals surface area contributed by atoms with Crippen LogP contribution in [0.5, 0.6) is 0 Å². The van der Waals surface area contributed by atoms with Crippen molar-refractivity contribution in [1.29, 1.82) is 0 Å². The SMILES string of the molecule is O=C(O)C1(c2csc(Br)c2)CCCCC1. The third-order valence-electron chi connectivity index (χ3n) is 3.24. The Morgan fingerprint density at radius 2 is 2.07 bits per heavy atom. The fourth-order valence-corrected chi connectivity index (χ4v) is 3.60. The fraction of sp³-hybridized carbons (Fsp3) is 0.545. The molecular weight excluding hydrogens is 276 g/mol. The summed E-state index contributed by atoms with van der Waals surface area (Å²) >= 11 is 4.96. The van der Waals surface area contributed by atoms with Crippen molar-refractivity contribution < 1.29 is 9.90 Å². The highest BCUT2D eigenvalue weighted by Crippen LogP contribution is 2.42. The van der Waals surface area contributed by atoms with E-state index in [1.165, 1.54) is 6.42 Å². The molecule has 0 unspecified atom stereocenters. The first kappa shape index (κ1) is 11.1. The summed E-state index contributed by atoms with van der Waals surface area (Å²) in [4.78, 5) is 11.5. The van der Waals surface area contributed by atoms with E-state index in [1.54, 1.807) is 11.3 Å². The monoisotopic (exact) mass is 288 g/mol. The van der Waals surface area contributed by atoms with Crippen molar-refractivity contribution in [3.8, 4) is 0 Å². The predicted molar refractivity (Wildman–Crippen MR) is 64.4 cm³/mol. The number of carboxylic acid groups (broad SMARTS) is 1. The first-order valence-electron chi connectivity index (χ1n) is 5.13. The van der Waals surface area contributed by atoms with Crippen molar-refractivity contribution in [2.45, 2.75) is 37.5 Å². The highest BCUT2D eigenvalue weighted by atomic mass is 79.9. The quantitative estimate of drug-likeness (QED) is 0.899. The lowest BCUT2D eigenvalue weighted by atomic mass is 9.70. The molecule has 0 aliphatic heterocycles. The number of carboxylic acids is 1. The molecule has 0 bridgehead atoms. The van der Waals surface area contributed by atoms with Gasteiger partial charge in [-0.05, 0) is 45.8 Å². The Labute approximate surface area is 101 Å². The predicted octanol–water partition coefficient (Wildman–Crippen LogP) is 3.80. The average Bonchev–Trinajstić information content (AvgIpc) is 2.66. The summed E-state index contributed by atoms with van der Waals surface area (Å²) < 4.78 is 1.02. The number of rotatable bonds is 2. The molecule has 1 aliphatic rings. The average molecular weight is 289 g/mol. The lowest BCUT2D eigenvalue weighted by Crippen LogP contribution is -2.37. The number of aliphatic carboxylic acids is 1. The van der Waals surface area contributed by atoms with E-state index in [4.69, 9.17) is 0 Å². The van der Waals surface area contributed by atoms with Gasteiger partial charge in [0.15, 0.2) is 0 Å². The summed E-state index contributed by atoms with van der Waals surface area (Å²) in [6.45, 7) is 0. The minimum Gasteiger partial charge on any atom is -0.481 e. The molecule has 1 heterocycles. The van der Waals surface area contributed by atoms with Crippen LogP contribution in [-0.2, 0) is 10.2 Å². The molecule has 1 aromatic heterocycles. The summed E-state index contributed by atoms with van der Waals surface area (Å²) in [5.74, 6) is -0.660. The van der Waals surface area contributed by atoms with Crippen LogP contribution < -0.4 is 0 Å². The molecule has 0 aromatic carbocycles. The van der Waals surface area contributed by atoms with Crippen LogP contribution in [0.3, 0.4) is 0 Å². The van der Waals surface area contributed by atoms with E-state index >= 15 is 0 Å². The molecule has 1 saturated carbocycles. The van der Waals surface area contributed by atoms with E-state index in [-0.39, 0.29) is 0 Å². The van der Waals surface area contributed by atoms with Crippen molar-refractivity contribution in [2.75, 3.05) is 0 Å². The summed E-state index contributed by atoms with van der Waals surface area (Å²) in [6.07, 6.45) is 4.79. The van der Waals surface area contributed by atoms with Gasteiger partial charge in [0.1, 0.15) is 0 Å². The Morgan fingerprint density at radius 3 is 2.53 bits per heavy atom. The number of thiophene rings is 1. The van der Waals surface area contributed by atoms with E-state index < -0.39 is 11.4 Å². The van der Waals surface area contributed by atoms with Gasteiger partial charge in [-0.1, -0.05) is 19.3 Å². The maximum absolute atomic E-state index is 11.5. The van der Waals surface area contributed by atoms with Gasteiger partial charge in [-0.3, -0.25) is 4.79 Å². The molecule has 1 aromatic rings. The van der Waals surface area contributed by atoms with E-state index in [0.717, 1.165) is 35.0 Å². The minimum absolute atomic E-state index is 0.610. The molecule has 0 spiro atoms. The van der Waals surface area contributed by atoms with Crippen LogP contribution in [0.1, 0.15) is 37.7 Å². The zero-order chi connectivity index (χ0) is 10.9. The van der Waals surface area contributed by atoms with Crippen LogP contribution in [0.25, 0.3) is 0 Å². The molecule has 0 amide bonds. The third-order valence-corrected chi connectivity index (χ3v) is 4.74. The van der Waals surface area contributed by atoms with Gasteiger partial charge in [0.25, 0.3) is 0 Å². The molecule has 2 nitrogen and oxygen atoms in total. The van der Waals surface area contributed by atoms with Crippen LogP contribution >= 0.6 is 27.3 Å². The van der Waals surface area contributed by atoms with Gasteiger partial charge in [-0.25, -0.2) is 0 Å². The topological polar surface area (TPSA) is 37.3 Å². The maximum Gasteiger partial charge on any atom is 0.314 e. The van der Waals surface area contributed by atoms with Crippen molar-refractivity contribution in [3.05, 3.63) is 20.8 Å². The summed E-state index contributed by atoms with van der Waals surface area (Å²) in [7, 11) is 0. The summed E-state index contributed by atoms with van der Waals surface area (Å²) in [5.41, 5.74) is 0.368. The van der Waals surface area contributed by atoms with Crippen LogP contribution in [0, 0.1) is 0 Å². The van der Waals surface area contributed by atoms with Crippen molar-refractivity contribution in [3.63, 3.8) is 0 Å². The molecule has 82 valence electrons. The highest BCUT2D eigenvalue weighted by molar-refractivity contribution is 9.11. The molecule has 0 saturated heterocycles. The second-order valence-corrected chi connectivity index (χ2v) is 6.38. The number of carbonyl (C=O) groups is 1. The van der Waals surface area contributed by atoms with Crippen LogP contribution in [0.15, 0.2) is 15.2 Å². The van der Waals surface area contributed by atoms with E-state index in [2.05, 4.69) is 15.9 Å². The number of halogens is 1. The molecule has 1 aliphatic carbocycles. The van der Waals surface area contributed by atoms with Gasteiger partial charge in [-0.15, -0.1) is 11.3 Å². The summed E-state index contributed by atoms with van der Waals surface area (Å²) in [5, 5.41) is 11.4. The first-order chi connectivity index (χ1) is 7.15. The van der Waals surface area contributed by atoms with Crippen molar-refractivity contribution >= 4 is 33.2 Å². The van der Waals surface area contributed by atoms with Crippen molar-refractivity contribution in [1.82, 2.24) is 0 Å². The molecule has 0 atom stereocenters. The normalized spacial score (nSPS) is 20.1. The molecule has 1 fully saturated rings. The Hall–Kier alpha value is -0.350. The Kier molecular flexibility index (Phi) is 3.16. The minimum atomic E-state index is -0.660. The zero-order valence-corrected chi connectivity index (χ0v) is 10.7. The van der Waals surface area contributed by atoms with Crippen LogP contribution in [0.2, 0.25) is 0 Å². The van der Waals surface area contributed by atoms with Gasteiger partial charge in [0.05, 0.1) is 9.20 Å². The molecule has 15 heavy (non-hydrogen) atoms. The maximum atomic E-state index is 11.5. The van der Waals surface area contributed by atoms with Crippen LogP contribution in [-0.4, -0.2) is 11.1 Å². The lowest BCUT2D eigenvalue weighted by molar-refractivity contribution is -0.145. The van der Waals surface area contributed by atoms with Crippen molar-refractivity contribution in [2.24, 2.45) is 0 Å². The Morgan fingerprint density at radius 1 is 1.40 bits per heavy atom.